The monoisotopic (exact) mass is 690 g/mol. The number of hydrogen-bond acceptors (Lipinski definition) is 8. The van der Waals surface area contributed by atoms with Gasteiger partial charge in [-0.1, -0.05) is 36.4 Å². The van der Waals surface area contributed by atoms with E-state index in [-0.39, 0.29) is 40.5 Å². The maximum absolute atomic E-state index is 13.5. The van der Waals surface area contributed by atoms with E-state index in [1.165, 1.54) is 48.4 Å². The van der Waals surface area contributed by atoms with Crippen LogP contribution in [0.1, 0.15) is 55.0 Å². The molecule has 0 bridgehead atoms. The highest BCUT2D eigenvalue weighted by Crippen LogP contribution is 2.32. The number of amides is 2. The largest absolute Gasteiger partial charge is 0.466 e. The van der Waals surface area contributed by atoms with Crippen molar-refractivity contribution < 1.29 is 51.4 Å². The molecule has 0 fully saturated rings. The van der Waals surface area contributed by atoms with Crippen molar-refractivity contribution in [3.8, 4) is 16.9 Å². The van der Waals surface area contributed by atoms with Gasteiger partial charge in [0, 0.05) is 26.1 Å². The molecule has 4 aromatic carbocycles. The molecule has 0 spiro atoms. The fraction of sp³-hybridized carbons (Fsp3) is 0.216. The van der Waals surface area contributed by atoms with Crippen LogP contribution in [0.2, 0.25) is 0 Å². The summed E-state index contributed by atoms with van der Waals surface area (Å²) in [5.74, 6) is -2.70. The molecule has 50 heavy (non-hydrogen) atoms. The van der Waals surface area contributed by atoms with Gasteiger partial charge in [-0.3, -0.25) is 14.4 Å². The first-order valence-electron chi connectivity index (χ1n) is 15.2. The summed E-state index contributed by atoms with van der Waals surface area (Å²) >= 11 is 0. The van der Waals surface area contributed by atoms with Crippen molar-refractivity contribution in [2.75, 3.05) is 33.1 Å². The molecular weight excluding hydrogens is 657 g/mol. The van der Waals surface area contributed by atoms with Crippen LogP contribution >= 0.6 is 0 Å². The van der Waals surface area contributed by atoms with Crippen molar-refractivity contribution in [3.63, 3.8) is 0 Å². The van der Waals surface area contributed by atoms with Crippen LogP contribution in [0, 0.1) is 0 Å². The number of nitrogens with zero attached hydrogens (tertiary/aromatic N) is 1. The SMILES string of the molecule is COC(=O)COC(=O)c1ccc(OC(=O)CCCc2ccc(NC(=O)c3ccccc3-c3ccc(C(F)(F)F)cc3)c(C(=O)N(C)C)c2)cc1. The van der Waals surface area contributed by atoms with Crippen molar-refractivity contribution >= 4 is 35.4 Å². The average Bonchev–Trinajstić information content (AvgIpc) is 3.10. The van der Waals surface area contributed by atoms with Crippen LogP contribution in [0.4, 0.5) is 18.9 Å². The number of rotatable bonds is 12. The lowest BCUT2D eigenvalue weighted by Crippen LogP contribution is -2.24. The summed E-state index contributed by atoms with van der Waals surface area (Å²) in [6, 6.07) is 21.5. The van der Waals surface area contributed by atoms with Gasteiger partial charge in [0.25, 0.3) is 11.8 Å². The molecule has 2 amide bonds. The van der Waals surface area contributed by atoms with Crippen molar-refractivity contribution in [1.29, 1.82) is 0 Å². The lowest BCUT2D eigenvalue weighted by Gasteiger charge is -2.17. The number of carbonyl (C=O) groups excluding carboxylic acids is 5. The van der Waals surface area contributed by atoms with Crippen LogP contribution < -0.4 is 10.1 Å². The smallest absolute Gasteiger partial charge is 0.416 e. The highest BCUT2D eigenvalue weighted by atomic mass is 19.4. The van der Waals surface area contributed by atoms with E-state index >= 15 is 0 Å². The van der Waals surface area contributed by atoms with E-state index < -0.39 is 42.2 Å². The third kappa shape index (κ3) is 9.78. The number of carbonyl (C=O) groups is 5. The Balaban J connectivity index is 1.40. The minimum Gasteiger partial charge on any atom is -0.466 e. The number of methoxy groups -OCH3 is 1. The van der Waals surface area contributed by atoms with E-state index in [0.717, 1.165) is 17.7 Å². The Kier molecular flexibility index (Phi) is 12.1. The molecule has 13 heteroatoms. The number of nitrogens with one attached hydrogen (secondary N) is 1. The Labute approximate surface area is 285 Å². The minimum atomic E-state index is -4.50. The van der Waals surface area contributed by atoms with Gasteiger partial charge in [0.05, 0.1) is 29.5 Å². The van der Waals surface area contributed by atoms with Gasteiger partial charge in [0.2, 0.25) is 0 Å². The Bertz CT molecular complexity index is 1870. The second-order valence-corrected chi connectivity index (χ2v) is 11.2. The number of ether oxygens (including phenoxy) is 3. The van der Waals surface area contributed by atoms with Gasteiger partial charge in [0.1, 0.15) is 5.75 Å². The molecule has 0 radical (unpaired) electrons. The van der Waals surface area contributed by atoms with Crippen LogP contribution in [0.15, 0.2) is 91.0 Å². The Hall–Kier alpha value is -5.98. The van der Waals surface area contributed by atoms with Crippen LogP contribution in [-0.4, -0.2) is 62.4 Å². The average molecular weight is 691 g/mol. The number of benzene rings is 4. The lowest BCUT2D eigenvalue weighted by molar-refractivity contribution is -0.144. The van der Waals surface area contributed by atoms with Gasteiger partial charge < -0.3 is 24.4 Å². The molecule has 0 aromatic heterocycles. The minimum absolute atomic E-state index is 0.0408. The third-order valence-corrected chi connectivity index (χ3v) is 7.38. The maximum Gasteiger partial charge on any atom is 0.416 e. The fourth-order valence-corrected chi connectivity index (χ4v) is 4.78. The van der Waals surface area contributed by atoms with Crippen molar-refractivity contribution in [2.24, 2.45) is 0 Å². The molecule has 10 nitrogen and oxygen atoms in total. The topological polar surface area (TPSA) is 128 Å². The second-order valence-electron chi connectivity index (χ2n) is 11.2. The first-order valence-corrected chi connectivity index (χ1v) is 15.2. The number of alkyl halides is 3. The molecule has 0 unspecified atom stereocenters. The van der Waals surface area contributed by atoms with E-state index in [2.05, 4.69) is 10.1 Å². The molecule has 1 N–H and O–H groups in total. The molecule has 0 heterocycles. The molecule has 0 saturated carbocycles. The fourth-order valence-electron chi connectivity index (χ4n) is 4.78. The van der Waals surface area contributed by atoms with Gasteiger partial charge >= 0.3 is 24.1 Å². The zero-order valence-corrected chi connectivity index (χ0v) is 27.3. The number of esters is 3. The van der Waals surface area contributed by atoms with Crippen molar-refractivity contribution in [1.82, 2.24) is 4.90 Å². The van der Waals surface area contributed by atoms with Gasteiger partial charge in [0.15, 0.2) is 6.61 Å². The van der Waals surface area contributed by atoms with Crippen LogP contribution in [0.3, 0.4) is 0 Å². The number of aryl methyl sites for hydroxylation is 1. The van der Waals surface area contributed by atoms with Gasteiger partial charge in [-0.15, -0.1) is 0 Å². The summed E-state index contributed by atoms with van der Waals surface area (Å²) in [5.41, 5.74) is 1.54. The zero-order valence-electron chi connectivity index (χ0n) is 27.3. The van der Waals surface area contributed by atoms with Gasteiger partial charge in [-0.2, -0.15) is 13.2 Å². The Morgan fingerprint density at radius 2 is 1.48 bits per heavy atom. The lowest BCUT2D eigenvalue weighted by atomic mass is 9.97. The maximum atomic E-state index is 13.5. The van der Waals surface area contributed by atoms with Gasteiger partial charge in [-0.05, 0) is 84.1 Å². The molecule has 0 saturated heterocycles. The summed E-state index contributed by atoms with van der Waals surface area (Å²) in [6.45, 7) is -0.530. The highest BCUT2D eigenvalue weighted by Gasteiger charge is 2.30. The third-order valence-electron chi connectivity index (χ3n) is 7.38. The van der Waals surface area contributed by atoms with Crippen molar-refractivity contribution in [3.05, 3.63) is 119 Å². The summed E-state index contributed by atoms with van der Waals surface area (Å²) in [5, 5.41) is 2.77. The molecule has 0 aliphatic heterocycles. The van der Waals surface area contributed by atoms with Crippen LogP contribution in [-0.2, 0) is 31.7 Å². The highest BCUT2D eigenvalue weighted by molar-refractivity contribution is 6.11. The molecule has 260 valence electrons. The summed E-state index contributed by atoms with van der Waals surface area (Å²) in [6.07, 6.45) is -3.68. The Morgan fingerprint density at radius 1 is 0.800 bits per heavy atom. The Morgan fingerprint density at radius 3 is 2.12 bits per heavy atom. The predicted octanol–water partition coefficient (Wildman–Crippen LogP) is 6.58. The van der Waals surface area contributed by atoms with E-state index in [1.54, 1.807) is 56.6 Å². The molecule has 0 aliphatic rings. The van der Waals surface area contributed by atoms with Gasteiger partial charge in [-0.25, -0.2) is 9.59 Å². The molecular formula is C37H33F3N2O8. The van der Waals surface area contributed by atoms with E-state index in [4.69, 9.17) is 9.47 Å². The first-order chi connectivity index (χ1) is 23.8. The number of anilines is 1. The number of hydrogen-bond donors (Lipinski definition) is 1. The molecule has 0 aliphatic carbocycles. The predicted molar refractivity (Wildman–Crippen MR) is 177 cm³/mol. The van der Waals surface area contributed by atoms with E-state index in [0.29, 0.717) is 24.0 Å². The zero-order chi connectivity index (χ0) is 36.4. The molecule has 4 aromatic rings. The first kappa shape index (κ1) is 36.8. The molecule has 0 atom stereocenters. The van der Waals surface area contributed by atoms with Crippen LogP contribution in [0.25, 0.3) is 11.1 Å². The van der Waals surface area contributed by atoms with E-state index in [1.807, 2.05) is 0 Å². The summed E-state index contributed by atoms with van der Waals surface area (Å²) in [7, 11) is 4.30. The molecule has 4 rings (SSSR count). The van der Waals surface area contributed by atoms with Crippen LogP contribution in [0.5, 0.6) is 5.75 Å². The van der Waals surface area contributed by atoms with Crippen molar-refractivity contribution in [2.45, 2.75) is 25.4 Å². The summed E-state index contributed by atoms with van der Waals surface area (Å²) in [4.78, 5) is 63.6. The number of halogens is 3. The second kappa shape index (κ2) is 16.4. The summed E-state index contributed by atoms with van der Waals surface area (Å²) < 4.78 is 53.8. The standard InChI is InChI=1S/C37H33F3N2O8/c1-42(2)35(46)30-21-23(7-6-10-32(43)50-27-18-14-25(15-19-27)36(47)49-22-33(44)48-3)11-20-31(30)41-34(45)29-9-5-4-8-28(29)24-12-16-26(17-13-24)37(38,39)40/h4-5,8-9,11-21H,6-7,10,22H2,1-3H3,(H,41,45). The quantitative estimate of drug-likeness (QED) is 0.130. The van der Waals surface area contributed by atoms with E-state index in [9.17, 15) is 37.1 Å². The normalized spacial score (nSPS) is 10.9.